The van der Waals surface area contributed by atoms with Crippen LogP contribution in [0.2, 0.25) is 0 Å². The molecular weight excluding hydrogens is 386 g/mol. The number of rotatable bonds is 3. The summed E-state index contributed by atoms with van der Waals surface area (Å²) in [5.41, 5.74) is 1.07. The first-order valence-corrected chi connectivity index (χ1v) is 9.06. The molecule has 30 heavy (non-hydrogen) atoms. The van der Waals surface area contributed by atoms with Crippen molar-refractivity contribution in [2.45, 2.75) is 13.8 Å². The molecular formula is C23H15NO6. The van der Waals surface area contributed by atoms with Gasteiger partial charge in [-0.1, -0.05) is 30.3 Å². The van der Waals surface area contributed by atoms with Crippen molar-refractivity contribution >= 4 is 23.5 Å². The molecule has 0 spiro atoms. The lowest BCUT2D eigenvalue weighted by Gasteiger charge is -2.20. The van der Waals surface area contributed by atoms with Crippen LogP contribution in [-0.4, -0.2) is 28.5 Å². The average Bonchev–Trinajstić information content (AvgIpc) is 2.71. The van der Waals surface area contributed by atoms with Crippen molar-refractivity contribution < 1.29 is 28.7 Å². The third kappa shape index (κ3) is 3.37. The largest absolute Gasteiger partial charge is 0.427 e. The van der Waals surface area contributed by atoms with E-state index in [0.29, 0.717) is 11.3 Å². The van der Waals surface area contributed by atoms with Gasteiger partial charge < -0.3 is 9.47 Å². The fraction of sp³-hybridized carbons (Fsp3) is 0.0870. The van der Waals surface area contributed by atoms with E-state index in [1.165, 1.54) is 38.1 Å². The highest BCUT2D eigenvalue weighted by molar-refractivity contribution is 6.29. The van der Waals surface area contributed by atoms with E-state index in [-0.39, 0.29) is 33.9 Å². The van der Waals surface area contributed by atoms with Crippen molar-refractivity contribution in [1.29, 1.82) is 0 Å². The van der Waals surface area contributed by atoms with Gasteiger partial charge >= 0.3 is 11.9 Å². The maximum atomic E-state index is 13.2. The number of ketones is 2. The number of fused-ring (bicyclic) bond motifs is 2. The number of hydrogen-bond acceptors (Lipinski definition) is 7. The van der Waals surface area contributed by atoms with Crippen LogP contribution >= 0.6 is 0 Å². The third-order valence-corrected chi connectivity index (χ3v) is 4.49. The van der Waals surface area contributed by atoms with Crippen LogP contribution in [-0.2, 0) is 9.59 Å². The highest BCUT2D eigenvalue weighted by atomic mass is 16.5. The number of benzene rings is 2. The Labute approximate surface area is 171 Å². The molecule has 0 saturated carbocycles. The Morgan fingerprint density at radius 2 is 1.50 bits per heavy atom. The molecule has 0 unspecified atom stereocenters. The third-order valence-electron chi connectivity index (χ3n) is 4.49. The molecule has 3 aromatic rings. The second-order valence-corrected chi connectivity index (χ2v) is 6.65. The second-order valence-electron chi connectivity index (χ2n) is 6.65. The number of ether oxygens (including phenoxy) is 2. The van der Waals surface area contributed by atoms with Crippen molar-refractivity contribution in [1.82, 2.24) is 4.98 Å². The zero-order chi connectivity index (χ0) is 21.4. The van der Waals surface area contributed by atoms with Gasteiger partial charge in [-0.25, -0.2) is 4.98 Å². The van der Waals surface area contributed by atoms with Gasteiger partial charge in [0.2, 0.25) is 5.78 Å². The van der Waals surface area contributed by atoms with Gasteiger partial charge in [0.25, 0.3) is 0 Å². The molecule has 148 valence electrons. The van der Waals surface area contributed by atoms with Crippen LogP contribution in [0, 0.1) is 0 Å². The maximum absolute atomic E-state index is 13.2. The van der Waals surface area contributed by atoms with Gasteiger partial charge in [0.1, 0.15) is 17.2 Å². The quantitative estimate of drug-likeness (QED) is 0.383. The van der Waals surface area contributed by atoms with E-state index in [9.17, 15) is 19.2 Å². The molecule has 0 atom stereocenters. The summed E-state index contributed by atoms with van der Waals surface area (Å²) in [7, 11) is 0. The van der Waals surface area contributed by atoms with E-state index in [2.05, 4.69) is 4.98 Å². The predicted molar refractivity (Wildman–Crippen MR) is 106 cm³/mol. The monoisotopic (exact) mass is 401 g/mol. The molecule has 0 N–H and O–H groups in total. The Bertz CT molecular complexity index is 1230. The SMILES string of the molecule is CC(=O)Oc1ccc2c(c1)C(=O)c1nc(-c3ccccc3)cc(OC(C)=O)c1C2=O. The summed E-state index contributed by atoms with van der Waals surface area (Å²) < 4.78 is 10.3. The lowest BCUT2D eigenvalue weighted by atomic mass is 9.86. The predicted octanol–water partition coefficient (Wildman–Crippen LogP) is 3.37. The van der Waals surface area contributed by atoms with Crippen molar-refractivity contribution in [2.24, 2.45) is 0 Å². The minimum Gasteiger partial charge on any atom is -0.427 e. The van der Waals surface area contributed by atoms with Gasteiger partial charge in [0.15, 0.2) is 5.78 Å². The molecule has 1 heterocycles. The molecule has 0 amide bonds. The standard InChI is InChI=1S/C23H15NO6/c1-12(25)29-15-8-9-16-17(10-15)23(28)21-20(22(16)27)19(30-13(2)26)11-18(24-21)14-6-4-3-5-7-14/h3-11H,1-2H3. The molecule has 0 bridgehead atoms. The first-order valence-electron chi connectivity index (χ1n) is 9.06. The summed E-state index contributed by atoms with van der Waals surface area (Å²) in [5.74, 6) is -2.09. The number of esters is 2. The first-order chi connectivity index (χ1) is 14.3. The average molecular weight is 401 g/mol. The summed E-state index contributed by atoms with van der Waals surface area (Å²) in [6.45, 7) is 2.45. The summed E-state index contributed by atoms with van der Waals surface area (Å²) in [6, 6.07) is 14.6. The Kier molecular flexibility index (Phi) is 4.71. The van der Waals surface area contributed by atoms with Gasteiger partial charge in [0.05, 0.1) is 11.3 Å². The molecule has 2 aromatic carbocycles. The fourth-order valence-electron chi connectivity index (χ4n) is 3.30. The second kappa shape index (κ2) is 7.36. The van der Waals surface area contributed by atoms with Crippen molar-refractivity contribution in [3.8, 4) is 22.8 Å². The van der Waals surface area contributed by atoms with Crippen LogP contribution in [0.1, 0.15) is 45.8 Å². The molecule has 7 heteroatoms. The lowest BCUT2D eigenvalue weighted by Crippen LogP contribution is -2.24. The first kappa shape index (κ1) is 19.2. The van der Waals surface area contributed by atoms with E-state index in [1.54, 1.807) is 24.3 Å². The summed E-state index contributed by atoms with van der Waals surface area (Å²) in [6.07, 6.45) is 0. The molecule has 1 aromatic heterocycles. The number of pyridine rings is 1. The molecule has 1 aliphatic carbocycles. The van der Waals surface area contributed by atoms with E-state index >= 15 is 0 Å². The van der Waals surface area contributed by atoms with Crippen LogP contribution in [0.3, 0.4) is 0 Å². The Hall–Kier alpha value is -4.13. The Balaban J connectivity index is 1.92. The van der Waals surface area contributed by atoms with Gasteiger partial charge in [0, 0.05) is 36.6 Å². The number of carbonyl (C=O) groups is 4. The number of carbonyl (C=O) groups excluding carboxylic acids is 4. The van der Waals surface area contributed by atoms with Crippen LogP contribution in [0.5, 0.6) is 11.5 Å². The summed E-state index contributed by atoms with van der Waals surface area (Å²) in [4.78, 5) is 53.6. The minimum absolute atomic E-state index is 0.0283. The zero-order valence-corrected chi connectivity index (χ0v) is 16.1. The van der Waals surface area contributed by atoms with Crippen molar-refractivity contribution in [3.63, 3.8) is 0 Å². The molecule has 0 radical (unpaired) electrons. The maximum Gasteiger partial charge on any atom is 0.308 e. The molecule has 0 fully saturated rings. The van der Waals surface area contributed by atoms with Crippen LogP contribution in [0.15, 0.2) is 54.6 Å². The Morgan fingerprint density at radius 3 is 2.17 bits per heavy atom. The van der Waals surface area contributed by atoms with Crippen molar-refractivity contribution in [2.75, 3.05) is 0 Å². The summed E-state index contributed by atoms with van der Waals surface area (Å²) in [5, 5.41) is 0. The van der Waals surface area contributed by atoms with Gasteiger partial charge in [-0.2, -0.15) is 0 Å². The lowest BCUT2D eigenvalue weighted by molar-refractivity contribution is -0.132. The fourth-order valence-corrected chi connectivity index (χ4v) is 3.30. The molecule has 0 saturated heterocycles. The van der Waals surface area contributed by atoms with Gasteiger partial charge in [-0.15, -0.1) is 0 Å². The smallest absolute Gasteiger partial charge is 0.308 e. The molecule has 1 aliphatic rings. The van der Waals surface area contributed by atoms with Crippen LogP contribution in [0.4, 0.5) is 0 Å². The minimum atomic E-state index is -0.626. The van der Waals surface area contributed by atoms with Crippen molar-refractivity contribution in [3.05, 3.63) is 77.0 Å². The highest BCUT2D eigenvalue weighted by Crippen LogP contribution is 2.36. The number of aromatic nitrogens is 1. The molecule has 4 rings (SSSR count). The van der Waals surface area contributed by atoms with Crippen LogP contribution < -0.4 is 9.47 Å². The highest BCUT2D eigenvalue weighted by Gasteiger charge is 2.35. The summed E-state index contributed by atoms with van der Waals surface area (Å²) >= 11 is 0. The van der Waals surface area contributed by atoms with Crippen LogP contribution in [0.25, 0.3) is 11.3 Å². The van der Waals surface area contributed by atoms with E-state index in [0.717, 1.165) is 0 Å². The topological polar surface area (TPSA) is 99.6 Å². The van der Waals surface area contributed by atoms with E-state index in [4.69, 9.17) is 9.47 Å². The van der Waals surface area contributed by atoms with E-state index < -0.39 is 23.5 Å². The molecule has 7 nitrogen and oxygen atoms in total. The van der Waals surface area contributed by atoms with E-state index in [1.807, 2.05) is 6.07 Å². The zero-order valence-electron chi connectivity index (χ0n) is 16.1. The van der Waals surface area contributed by atoms with Gasteiger partial charge in [-0.05, 0) is 18.2 Å². The number of hydrogen-bond donors (Lipinski definition) is 0. The number of nitrogens with zero attached hydrogens (tertiary/aromatic N) is 1. The normalized spacial score (nSPS) is 12.1. The molecule has 0 aliphatic heterocycles. The van der Waals surface area contributed by atoms with Gasteiger partial charge in [-0.3, -0.25) is 19.2 Å². The Morgan fingerprint density at radius 1 is 0.800 bits per heavy atom.